The quantitative estimate of drug-likeness (QED) is 0.564. The van der Waals surface area contributed by atoms with Gasteiger partial charge in [-0.3, -0.25) is 0 Å². The molecule has 0 heterocycles. The van der Waals surface area contributed by atoms with Crippen molar-refractivity contribution in [3.63, 3.8) is 0 Å². The van der Waals surface area contributed by atoms with E-state index in [0.29, 0.717) is 0 Å². The van der Waals surface area contributed by atoms with Gasteiger partial charge in [0.1, 0.15) is 0 Å². The molecule has 0 radical (unpaired) electrons. The molecule has 0 rings (SSSR count). The minimum atomic E-state index is 0. The van der Waals surface area contributed by atoms with Crippen LogP contribution in [0.4, 0.5) is 0 Å². The molecule has 5 heteroatoms. The molecule has 2 N–H and O–H groups in total. The van der Waals surface area contributed by atoms with Crippen molar-refractivity contribution in [3.8, 4) is 0 Å². The van der Waals surface area contributed by atoms with Crippen molar-refractivity contribution in [3.05, 3.63) is 0 Å². The summed E-state index contributed by atoms with van der Waals surface area (Å²) in [5.74, 6) is 0. The second kappa shape index (κ2) is 53.1. The molecular weight excluding hydrogens is 418 g/mol. The van der Waals surface area contributed by atoms with Crippen LogP contribution in [-0.4, -0.2) is 23.4 Å². The zero-order valence-corrected chi connectivity index (χ0v) is 12.6. The molecule has 0 saturated carbocycles. The summed E-state index contributed by atoms with van der Waals surface area (Å²) in [6.07, 6.45) is 0. The SMILES string of the molecule is Br.Br.CCO.CCO.[Hf]. The molecule has 0 aliphatic rings. The molecule has 0 bridgehead atoms. The largest absolute Gasteiger partial charge is 0.397 e. The minimum absolute atomic E-state index is 0. The average molecular weight is 432 g/mol. The smallest absolute Gasteiger partial charge is 0.0402 e. The third-order valence-electron chi connectivity index (χ3n) is 0. The Morgan fingerprint density at radius 1 is 0.889 bits per heavy atom. The normalized spacial score (nSPS) is 4.00. The summed E-state index contributed by atoms with van der Waals surface area (Å²) in [6, 6.07) is 0. The summed E-state index contributed by atoms with van der Waals surface area (Å²) in [4.78, 5) is 0. The molecule has 0 aromatic heterocycles. The van der Waals surface area contributed by atoms with Crippen LogP contribution >= 0.6 is 34.0 Å². The molecule has 0 amide bonds. The third kappa shape index (κ3) is 191. The maximum absolute atomic E-state index is 7.57. The molecule has 0 spiro atoms. The molecule has 0 saturated heterocycles. The van der Waals surface area contributed by atoms with E-state index in [1.54, 1.807) is 13.8 Å². The van der Waals surface area contributed by atoms with Gasteiger partial charge in [0.15, 0.2) is 0 Å². The first-order valence-electron chi connectivity index (χ1n) is 2.05. The Kier molecular flexibility index (Phi) is 182. The van der Waals surface area contributed by atoms with Gasteiger partial charge in [-0.25, -0.2) is 0 Å². The van der Waals surface area contributed by atoms with Crippen LogP contribution in [0.3, 0.4) is 0 Å². The van der Waals surface area contributed by atoms with E-state index in [0.717, 1.165) is 0 Å². The number of hydrogen-bond donors (Lipinski definition) is 2. The molecule has 60 valence electrons. The van der Waals surface area contributed by atoms with Crippen LogP contribution in [0.5, 0.6) is 0 Å². The second-order valence-corrected chi connectivity index (χ2v) is 0.632. The van der Waals surface area contributed by atoms with Crippen molar-refractivity contribution in [1.82, 2.24) is 0 Å². The Bertz CT molecular complexity index is 18.5. The van der Waals surface area contributed by atoms with E-state index in [-0.39, 0.29) is 73.0 Å². The summed E-state index contributed by atoms with van der Waals surface area (Å²) in [5, 5.41) is 15.1. The summed E-state index contributed by atoms with van der Waals surface area (Å²) < 4.78 is 0. The van der Waals surface area contributed by atoms with Crippen LogP contribution in [-0.2, 0) is 25.8 Å². The van der Waals surface area contributed by atoms with Gasteiger partial charge in [-0.15, -0.1) is 34.0 Å². The van der Waals surface area contributed by atoms with E-state index < -0.39 is 0 Å². The molecule has 0 atom stereocenters. The van der Waals surface area contributed by atoms with Crippen LogP contribution in [0.1, 0.15) is 13.8 Å². The number of aliphatic hydroxyl groups is 2. The average Bonchev–Trinajstić information content (AvgIpc) is 1.39. The predicted molar refractivity (Wildman–Crippen MR) is 46.2 cm³/mol. The topological polar surface area (TPSA) is 40.5 Å². The van der Waals surface area contributed by atoms with Crippen molar-refractivity contribution < 1.29 is 36.1 Å². The zero-order chi connectivity index (χ0) is 5.41. The fraction of sp³-hybridized carbons (Fsp3) is 1.00. The summed E-state index contributed by atoms with van der Waals surface area (Å²) in [6.45, 7) is 3.86. The maximum Gasteiger partial charge on any atom is 0.0402 e. The first-order chi connectivity index (χ1) is 2.83. The maximum atomic E-state index is 7.57. The van der Waals surface area contributed by atoms with Gasteiger partial charge in [0.25, 0.3) is 0 Å². The first kappa shape index (κ1) is 30.9. The number of aliphatic hydroxyl groups excluding tert-OH is 2. The standard InChI is InChI=1S/2C2H6O.2BrH.Hf/c2*1-2-3;;;/h2*3H,2H2,1H3;2*1H;. The van der Waals surface area contributed by atoms with Crippen molar-refractivity contribution >= 4 is 34.0 Å². The summed E-state index contributed by atoms with van der Waals surface area (Å²) >= 11 is 0. The van der Waals surface area contributed by atoms with Crippen LogP contribution in [0.15, 0.2) is 0 Å². The van der Waals surface area contributed by atoms with E-state index in [9.17, 15) is 0 Å². The van der Waals surface area contributed by atoms with Gasteiger partial charge in [0.2, 0.25) is 0 Å². The molecule has 0 unspecified atom stereocenters. The molecule has 2 nitrogen and oxygen atoms in total. The Morgan fingerprint density at radius 2 is 0.889 bits per heavy atom. The zero-order valence-electron chi connectivity index (χ0n) is 5.63. The van der Waals surface area contributed by atoms with Gasteiger partial charge in [-0.05, 0) is 13.8 Å². The van der Waals surface area contributed by atoms with Crippen molar-refractivity contribution in [2.24, 2.45) is 0 Å². The fourth-order valence-electron chi connectivity index (χ4n) is 0. The van der Waals surface area contributed by atoms with E-state index in [1.807, 2.05) is 0 Å². The van der Waals surface area contributed by atoms with Gasteiger partial charge < -0.3 is 10.2 Å². The van der Waals surface area contributed by atoms with Crippen LogP contribution < -0.4 is 0 Å². The fourth-order valence-corrected chi connectivity index (χ4v) is 0. The molecular formula is C4H14Br2HfO2. The molecule has 0 aromatic rings. The first-order valence-corrected chi connectivity index (χ1v) is 2.05. The van der Waals surface area contributed by atoms with E-state index in [4.69, 9.17) is 10.2 Å². The van der Waals surface area contributed by atoms with Crippen molar-refractivity contribution in [1.29, 1.82) is 0 Å². The monoisotopic (exact) mass is 432 g/mol. The number of hydrogen-bond acceptors (Lipinski definition) is 2. The number of rotatable bonds is 0. The van der Waals surface area contributed by atoms with Gasteiger partial charge >= 0.3 is 0 Å². The predicted octanol–water partition coefficient (Wildman–Crippen LogP) is 1.15. The van der Waals surface area contributed by atoms with E-state index >= 15 is 0 Å². The van der Waals surface area contributed by atoms with Gasteiger partial charge in [0.05, 0.1) is 0 Å². The van der Waals surface area contributed by atoms with E-state index in [2.05, 4.69) is 0 Å². The minimum Gasteiger partial charge on any atom is -0.397 e. The van der Waals surface area contributed by atoms with Crippen LogP contribution in [0, 0.1) is 0 Å². The molecule has 0 aliphatic carbocycles. The second-order valence-electron chi connectivity index (χ2n) is 0.632. The Labute approximate surface area is 96.4 Å². The van der Waals surface area contributed by atoms with Gasteiger partial charge in [-0.1, -0.05) is 0 Å². The van der Waals surface area contributed by atoms with Crippen molar-refractivity contribution in [2.45, 2.75) is 13.8 Å². The molecule has 0 fully saturated rings. The van der Waals surface area contributed by atoms with Crippen molar-refractivity contribution in [2.75, 3.05) is 13.2 Å². The van der Waals surface area contributed by atoms with Crippen LogP contribution in [0.25, 0.3) is 0 Å². The Hall–Kier alpha value is 1.75. The third-order valence-corrected chi connectivity index (χ3v) is 0. The van der Waals surface area contributed by atoms with Gasteiger partial charge in [-0.2, -0.15) is 0 Å². The summed E-state index contributed by atoms with van der Waals surface area (Å²) in [5.41, 5.74) is 0. The Balaban J connectivity index is -0.00000000889. The molecule has 9 heavy (non-hydrogen) atoms. The van der Waals surface area contributed by atoms with E-state index in [1.165, 1.54) is 0 Å². The van der Waals surface area contributed by atoms with Gasteiger partial charge in [0, 0.05) is 39.1 Å². The Morgan fingerprint density at radius 3 is 0.889 bits per heavy atom. The number of halogens is 2. The summed E-state index contributed by atoms with van der Waals surface area (Å²) in [7, 11) is 0. The molecule has 0 aromatic carbocycles. The van der Waals surface area contributed by atoms with Crippen LogP contribution in [0.2, 0.25) is 0 Å². The molecule has 0 aliphatic heterocycles.